The lowest BCUT2D eigenvalue weighted by atomic mass is 10.1. The molecule has 0 spiro atoms. The Morgan fingerprint density at radius 3 is 2.57 bits per heavy atom. The molecule has 13 heteroatoms. The predicted molar refractivity (Wildman–Crippen MR) is 141 cm³/mol. The van der Waals surface area contributed by atoms with Gasteiger partial charge in [0.1, 0.15) is 10.7 Å². The molecular formula is C24H37N7O5S. The van der Waals surface area contributed by atoms with Crippen molar-refractivity contribution in [2.24, 2.45) is 10.1 Å². The Labute approximate surface area is 218 Å². The van der Waals surface area contributed by atoms with Gasteiger partial charge in [0, 0.05) is 33.3 Å². The van der Waals surface area contributed by atoms with Gasteiger partial charge < -0.3 is 25.1 Å². The minimum atomic E-state index is -3.80. The largest absolute Gasteiger partial charge is 0.477 e. The zero-order valence-electron chi connectivity index (χ0n) is 22.2. The number of likely N-dealkylation sites (N-methyl/N-ethyl adjacent to an activating group) is 1. The van der Waals surface area contributed by atoms with E-state index in [1.54, 1.807) is 14.0 Å². The number of nitrogens with zero attached hydrogens (tertiary/aromatic N) is 5. The standard InChI is InChI=1S/C24H37N7O5S/c1-6-17(4)20-21(29-26-9-14-35-5)23(32)28-22(27-20)19-15-18(16-25-24(19)36-8-3)37(33,34)31-12-10-30(7-2)11-13-31/h15-16,26H,6-14H2,1-5H3,(H,27,28,32)/b20-17-,29-21+. The Morgan fingerprint density at radius 2 is 1.95 bits per heavy atom. The molecule has 1 amide bonds. The number of piperazine rings is 1. The van der Waals surface area contributed by atoms with E-state index in [-0.39, 0.29) is 27.9 Å². The van der Waals surface area contributed by atoms with Gasteiger partial charge >= 0.3 is 0 Å². The lowest BCUT2D eigenvalue weighted by molar-refractivity contribution is -0.113. The molecule has 2 aliphatic rings. The van der Waals surface area contributed by atoms with E-state index in [0.717, 1.165) is 12.1 Å². The number of amides is 1. The summed E-state index contributed by atoms with van der Waals surface area (Å²) in [4.78, 5) is 24.3. The number of nitrogens with one attached hydrogen (secondary N) is 2. The number of hydrogen-bond acceptors (Lipinski definition) is 10. The van der Waals surface area contributed by atoms with E-state index in [1.165, 1.54) is 16.6 Å². The maximum atomic E-state index is 13.4. The highest BCUT2D eigenvalue weighted by molar-refractivity contribution is 7.89. The van der Waals surface area contributed by atoms with Crippen LogP contribution in [0.15, 0.2) is 38.5 Å². The number of methoxy groups -OCH3 is 1. The van der Waals surface area contributed by atoms with Gasteiger partial charge in [-0.15, -0.1) is 0 Å². The summed E-state index contributed by atoms with van der Waals surface area (Å²) in [6.07, 6.45) is 1.94. The number of amidine groups is 1. The van der Waals surface area contributed by atoms with Crippen molar-refractivity contribution in [1.82, 2.24) is 24.9 Å². The fourth-order valence-corrected chi connectivity index (χ4v) is 5.27. The smallest absolute Gasteiger partial charge is 0.279 e. The van der Waals surface area contributed by atoms with Gasteiger partial charge in [-0.25, -0.2) is 18.4 Å². The minimum absolute atomic E-state index is 0.0197. The Bertz CT molecular complexity index is 1170. The molecule has 2 aliphatic heterocycles. The van der Waals surface area contributed by atoms with Crippen LogP contribution in [0.25, 0.3) is 0 Å². The van der Waals surface area contributed by atoms with E-state index in [2.05, 4.69) is 37.6 Å². The van der Waals surface area contributed by atoms with Crippen LogP contribution >= 0.6 is 0 Å². The Morgan fingerprint density at radius 1 is 1.22 bits per heavy atom. The first-order valence-corrected chi connectivity index (χ1v) is 14.0. The van der Waals surface area contributed by atoms with Crippen LogP contribution in [0.1, 0.15) is 39.7 Å². The average molecular weight is 536 g/mol. The van der Waals surface area contributed by atoms with Gasteiger partial charge in [0.15, 0.2) is 5.71 Å². The van der Waals surface area contributed by atoms with E-state index in [9.17, 15) is 13.2 Å². The minimum Gasteiger partial charge on any atom is -0.477 e. The van der Waals surface area contributed by atoms with Crippen molar-refractivity contribution in [3.63, 3.8) is 0 Å². The molecule has 1 aromatic rings. The number of carbonyl (C=O) groups is 1. The molecule has 1 saturated heterocycles. The quantitative estimate of drug-likeness (QED) is 0.316. The number of hydrazone groups is 1. The molecule has 0 saturated carbocycles. The maximum absolute atomic E-state index is 13.4. The molecule has 0 atom stereocenters. The summed E-state index contributed by atoms with van der Waals surface area (Å²) in [6, 6.07) is 1.47. The summed E-state index contributed by atoms with van der Waals surface area (Å²) in [6.45, 7) is 11.8. The summed E-state index contributed by atoms with van der Waals surface area (Å²) in [5.74, 6) is -0.125. The number of aromatic nitrogens is 1. The molecule has 12 nitrogen and oxygen atoms in total. The predicted octanol–water partition coefficient (Wildman–Crippen LogP) is 0.959. The van der Waals surface area contributed by atoms with Crippen molar-refractivity contribution in [3.8, 4) is 5.88 Å². The molecular weight excluding hydrogens is 498 g/mol. The van der Waals surface area contributed by atoms with Crippen molar-refractivity contribution < 1.29 is 22.7 Å². The van der Waals surface area contributed by atoms with Gasteiger partial charge in [-0.1, -0.05) is 13.8 Å². The molecule has 2 N–H and O–H groups in total. The van der Waals surface area contributed by atoms with Crippen molar-refractivity contribution >= 4 is 27.5 Å². The summed E-state index contributed by atoms with van der Waals surface area (Å²) in [7, 11) is -2.22. The first kappa shape index (κ1) is 28.7. The zero-order valence-corrected chi connectivity index (χ0v) is 23.0. The number of allylic oxidation sites excluding steroid dienone is 1. The van der Waals surface area contributed by atoms with Crippen LogP contribution in [0, 0.1) is 0 Å². The maximum Gasteiger partial charge on any atom is 0.279 e. The molecule has 204 valence electrons. The number of carbonyl (C=O) groups excluding carboxylic acids is 1. The van der Waals surface area contributed by atoms with E-state index in [4.69, 9.17) is 9.47 Å². The zero-order chi connectivity index (χ0) is 27.0. The van der Waals surface area contributed by atoms with Crippen LogP contribution in [-0.2, 0) is 19.6 Å². The highest BCUT2D eigenvalue weighted by atomic mass is 32.2. The third-order valence-corrected chi connectivity index (χ3v) is 8.08. The first-order valence-electron chi connectivity index (χ1n) is 12.5. The highest BCUT2D eigenvalue weighted by Crippen LogP contribution is 2.26. The second-order valence-electron chi connectivity index (χ2n) is 8.55. The van der Waals surface area contributed by atoms with Gasteiger partial charge in [0.2, 0.25) is 15.9 Å². The van der Waals surface area contributed by atoms with Crippen molar-refractivity contribution in [2.45, 2.75) is 39.0 Å². The lowest BCUT2D eigenvalue weighted by Gasteiger charge is -2.33. The second kappa shape index (κ2) is 13.1. The van der Waals surface area contributed by atoms with Crippen molar-refractivity contribution in [1.29, 1.82) is 0 Å². The molecule has 0 radical (unpaired) electrons. The summed E-state index contributed by atoms with van der Waals surface area (Å²) < 4.78 is 39.0. The summed E-state index contributed by atoms with van der Waals surface area (Å²) in [5, 5.41) is 6.97. The van der Waals surface area contributed by atoms with Gasteiger partial charge in [-0.3, -0.25) is 4.79 Å². The van der Waals surface area contributed by atoms with Crippen LogP contribution in [0.4, 0.5) is 0 Å². The molecule has 37 heavy (non-hydrogen) atoms. The monoisotopic (exact) mass is 535 g/mol. The second-order valence-corrected chi connectivity index (χ2v) is 10.5. The van der Waals surface area contributed by atoms with E-state index in [1.807, 2.05) is 13.8 Å². The number of ether oxygens (including phenoxy) is 2. The molecule has 0 aromatic carbocycles. The molecule has 3 rings (SSSR count). The molecule has 0 aliphatic carbocycles. The summed E-state index contributed by atoms with van der Waals surface area (Å²) >= 11 is 0. The van der Waals surface area contributed by atoms with E-state index >= 15 is 0 Å². The molecule has 1 aromatic heterocycles. The third-order valence-electron chi connectivity index (χ3n) is 6.22. The average Bonchev–Trinajstić information content (AvgIpc) is 2.91. The van der Waals surface area contributed by atoms with Gasteiger partial charge in [0.05, 0.1) is 37.2 Å². The topological polar surface area (TPSA) is 138 Å². The van der Waals surface area contributed by atoms with Crippen molar-refractivity contribution in [3.05, 3.63) is 29.1 Å². The van der Waals surface area contributed by atoms with Gasteiger partial charge in [-0.2, -0.15) is 9.41 Å². The van der Waals surface area contributed by atoms with Crippen LogP contribution in [-0.4, -0.2) is 99.7 Å². The number of sulfonamides is 1. The van der Waals surface area contributed by atoms with Crippen LogP contribution < -0.4 is 15.5 Å². The highest BCUT2D eigenvalue weighted by Gasteiger charge is 2.32. The van der Waals surface area contributed by atoms with Gasteiger partial charge in [0.25, 0.3) is 5.91 Å². The molecule has 0 bridgehead atoms. The molecule has 1 fully saturated rings. The van der Waals surface area contributed by atoms with Crippen LogP contribution in [0.3, 0.4) is 0 Å². The molecule has 0 unspecified atom stereocenters. The summed E-state index contributed by atoms with van der Waals surface area (Å²) in [5.41, 5.74) is 4.52. The van der Waals surface area contributed by atoms with E-state index in [0.29, 0.717) is 58.1 Å². The Kier molecular flexibility index (Phi) is 10.1. The fraction of sp³-hybridized carbons (Fsp3) is 0.583. The van der Waals surface area contributed by atoms with Gasteiger partial charge in [-0.05, 0) is 38.5 Å². The van der Waals surface area contributed by atoms with Crippen molar-refractivity contribution in [2.75, 3.05) is 59.6 Å². The molecule has 3 heterocycles. The first-order chi connectivity index (χ1) is 17.8. The SMILES string of the molecule is CCOc1ncc(S(=O)(=O)N2CCN(CC)CC2)cc1C1=NC(=C(/C)CC)/C(=N\NCCOC)C(=O)N1. The van der Waals surface area contributed by atoms with Crippen LogP contribution in [0.2, 0.25) is 0 Å². The third kappa shape index (κ3) is 6.72. The number of aliphatic imine (C=N–C) groups is 1. The Balaban J connectivity index is 2.03. The lowest BCUT2D eigenvalue weighted by Crippen LogP contribution is -2.48. The fourth-order valence-electron chi connectivity index (χ4n) is 3.88. The van der Waals surface area contributed by atoms with Crippen LogP contribution in [0.5, 0.6) is 5.88 Å². The number of pyridine rings is 1. The Hall–Kier alpha value is -2.87. The number of hydrogen-bond donors (Lipinski definition) is 2. The number of rotatable bonds is 11. The van der Waals surface area contributed by atoms with E-state index < -0.39 is 15.9 Å². The normalized spacial score (nSPS) is 20.0.